The van der Waals surface area contributed by atoms with E-state index in [1.54, 1.807) is 0 Å². The molecule has 2 heterocycles. The van der Waals surface area contributed by atoms with Crippen LogP contribution >= 0.6 is 8.53 Å². The van der Waals surface area contributed by atoms with Crippen LogP contribution in [0.4, 0.5) is 0 Å². The van der Waals surface area contributed by atoms with E-state index < -0.39 is 14.1 Å². The minimum Gasteiger partial charge on any atom is -0.322 e. The van der Waals surface area contributed by atoms with E-state index >= 15 is 0 Å². The quantitative estimate of drug-likeness (QED) is 0.761. The molecule has 2 aromatic carbocycles. The molecule has 1 unspecified atom stereocenters. The molecule has 0 amide bonds. The maximum atomic E-state index is 6.70. The minimum absolute atomic E-state index is 0.352. The van der Waals surface area contributed by atoms with Gasteiger partial charge in [0.15, 0.2) is 0 Å². The second-order valence-electron chi connectivity index (χ2n) is 6.04. The SMILES string of the molecule is CCOP1OC(c2ccccc2)(c2ccccc2)[C@@H]2CCCN21. The van der Waals surface area contributed by atoms with Crippen LogP contribution in [-0.2, 0) is 14.6 Å². The topological polar surface area (TPSA) is 21.7 Å². The van der Waals surface area contributed by atoms with Crippen LogP contribution in [0.5, 0.6) is 0 Å². The van der Waals surface area contributed by atoms with Crippen molar-refractivity contribution < 1.29 is 9.05 Å². The fourth-order valence-corrected chi connectivity index (χ4v) is 5.75. The van der Waals surface area contributed by atoms with Crippen molar-refractivity contribution in [1.29, 1.82) is 0 Å². The van der Waals surface area contributed by atoms with Crippen LogP contribution in [0.15, 0.2) is 60.7 Å². The van der Waals surface area contributed by atoms with Gasteiger partial charge in [-0.05, 0) is 30.9 Å². The minimum atomic E-state index is -0.987. The number of nitrogens with zero attached hydrogens (tertiary/aromatic N) is 1. The van der Waals surface area contributed by atoms with Crippen molar-refractivity contribution in [1.82, 2.24) is 4.67 Å². The van der Waals surface area contributed by atoms with Crippen LogP contribution in [-0.4, -0.2) is 23.9 Å². The largest absolute Gasteiger partial charge is 0.322 e. The lowest BCUT2D eigenvalue weighted by Crippen LogP contribution is -2.40. The van der Waals surface area contributed by atoms with Gasteiger partial charge in [-0.1, -0.05) is 60.7 Å². The van der Waals surface area contributed by atoms with E-state index in [9.17, 15) is 0 Å². The lowest BCUT2D eigenvalue weighted by Gasteiger charge is -2.34. The molecule has 0 aromatic heterocycles. The van der Waals surface area contributed by atoms with E-state index in [1.165, 1.54) is 17.5 Å². The van der Waals surface area contributed by atoms with Crippen LogP contribution in [0.2, 0.25) is 0 Å². The highest BCUT2D eigenvalue weighted by molar-refractivity contribution is 7.45. The molecule has 23 heavy (non-hydrogen) atoms. The molecule has 2 aliphatic rings. The Bertz CT molecular complexity index is 609. The first kappa shape index (κ1) is 15.3. The molecule has 0 aliphatic carbocycles. The van der Waals surface area contributed by atoms with E-state index in [-0.39, 0.29) is 0 Å². The van der Waals surface area contributed by atoms with Crippen molar-refractivity contribution in [2.24, 2.45) is 0 Å². The summed E-state index contributed by atoms with van der Waals surface area (Å²) in [6, 6.07) is 21.6. The molecular formula is C19H22NO2P. The van der Waals surface area contributed by atoms with E-state index in [4.69, 9.17) is 9.05 Å². The summed E-state index contributed by atoms with van der Waals surface area (Å²) in [5.41, 5.74) is 2.04. The van der Waals surface area contributed by atoms with E-state index in [0.29, 0.717) is 12.6 Å². The molecule has 4 rings (SSSR count). The van der Waals surface area contributed by atoms with Crippen molar-refractivity contribution >= 4 is 8.53 Å². The Morgan fingerprint density at radius 2 is 1.70 bits per heavy atom. The molecule has 2 aromatic rings. The van der Waals surface area contributed by atoms with Gasteiger partial charge in [0.1, 0.15) is 5.60 Å². The normalized spacial score (nSPS) is 26.3. The summed E-state index contributed by atoms with van der Waals surface area (Å²) in [5.74, 6) is 0. The fourth-order valence-electron chi connectivity index (χ4n) is 3.84. The van der Waals surface area contributed by atoms with Gasteiger partial charge in [-0.15, -0.1) is 0 Å². The molecule has 0 saturated carbocycles. The Morgan fingerprint density at radius 1 is 1.09 bits per heavy atom. The van der Waals surface area contributed by atoms with Crippen LogP contribution in [0.1, 0.15) is 30.9 Å². The van der Waals surface area contributed by atoms with Crippen molar-refractivity contribution in [3.63, 3.8) is 0 Å². The molecular weight excluding hydrogens is 305 g/mol. The van der Waals surface area contributed by atoms with E-state index in [2.05, 4.69) is 65.3 Å². The van der Waals surface area contributed by atoms with Gasteiger partial charge in [-0.2, -0.15) is 0 Å². The average molecular weight is 327 g/mol. The molecule has 0 N–H and O–H groups in total. The van der Waals surface area contributed by atoms with Crippen LogP contribution in [0.25, 0.3) is 0 Å². The van der Waals surface area contributed by atoms with Gasteiger partial charge in [-0.25, -0.2) is 4.67 Å². The van der Waals surface area contributed by atoms with Crippen LogP contribution in [0, 0.1) is 0 Å². The third-order valence-electron chi connectivity index (χ3n) is 4.77. The van der Waals surface area contributed by atoms with Crippen molar-refractivity contribution in [2.45, 2.75) is 31.4 Å². The molecule has 2 saturated heterocycles. The molecule has 0 spiro atoms. The lowest BCUT2D eigenvalue weighted by atomic mass is 9.79. The Balaban J connectivity index is 1.87. The van der Waals surface area contributed by atoms with Gasteiger partial charge in [0, 0.05) is 6.54 Å². The molecule has 2 atom stereocenters. The molecule has 3 nitrogen and oxygen atoms in total. The smallest absolute Gasteiger partial charge is 0.260 e. The highest BCUT2D eigenvalue weighted by Crippen LogP contribution is 2.64. The van der Waals surface area contributed by atoms with Crippen LogP contribution < -0.4 is 0 Å². The number of rotatable bonds is 4. The van der Waals surface area contributed by atoms with E-state index in [1.807, 2.05) is 6.92 Å². The molecule has 0 bridgehead atoms. The second kappa shape index (κ2) is 6.33. The maximum Gasteiger partial charge on any atom is 0.260 e. The Labute approximate surface area is 139 Å². The van der Waals surface area contributed by atoms with Crippen LogP contribution in [0.3, 0.4) is 0 Å². The highest BCUT2D eigenvalue weighted by atomic mass is 31.2. The lowest BCUT2D eigenvalue weighted by molar-refractivity contribution is 0.103. The Hall–Kier alpha value is -1.25. The first-order valence-electron chi connectivity index (χ1n) is 8.36. The van der Waals surface area contributed by atoms with Gasteiger partial charge in [0.05, 0.1) is 12.6 Å². The predicted octanol–water partition coefficient (Wildman–Crippen LogP) is 4.69. The number of fused-ring (bicyclic) bond motifs is 1. The van der Waals surface area contributed by atoms with Gasteiger partial charge in [-0.3, -0.25) is 0 Å². The van der Waals surface area contributed by atoms with Crippen molar-refractivity contribution in [2.75, 3.05) is 13.2 Å². The van der Waals surface area contributed by atoms with Gasteiger partial charge in [0.2, 0.25) is 0 Å². The second-order valence-corrected chi connectivity index (χ2v) is 7.47. The van der Waals surface area contributed by atoms with Gasteiger partial charge < -0.3 is 9.05 Å². The summed E-state index contributed by atoms with van der Waals surface area (Å²) in [6.45, 7) is 3.80. The molecule has 120 valence electrons. The zero-order chi connectivity index (χ0) is 15.7. The molecule has 0 radical (unpaired) electrons. The zero-order valence-electron chi connectivity index (χ0n) is 13.4. The Kier molecular flexibility index (Phi) is 4.21. The summed E-state index contributed by atoms with van der Waals surface area (Å²) in [6.07, 6.45) is 2.36. The average Bonchev–Trinajstić information content (AvgIpc) is 3.20. The van der Waals surface area contributed by atoms with Gasteiger partial charge >= 0.3 is 0 Å². The third kappa shape index (κ3) is 2.43. The fraction of sp³-hybridized carbons (Fsp3) is 0.368. The molecule has 2 aliphatic heterocycles. The molecule has 2 fully saturated rings. The first-order valence-corrected chi connectivity index (χ1v) is 9.49. The number of hydrogen-bond donors (Lipinski definition) is 0. The third-order valence-corrected chi connectivity index (χ3v) is 6.59. The summed E-state index contributed by atoms with van der Waals surface area (Å²) < 4.78 is 15.1. The highest BCUT2D eigenvalue weighted by Gasteiger charge is 2.58. The standard InChI is InChI=1S/C19H22NO2P/c1-2-21-23-20-15-9-14-18(20)19(22-23,16-10-5-3-6-11-16)17-12-7-4-8-13-17/h3-8,10-13,18H,2,9,14-15H2,1H3/t18-,23?/m0/s1. The summed E-state index contributed by atoms with van der Waals surface area (Å²) in [4.78, 5) is 0. The molecule has 4 heteroatoms. The summed E-state index contributed by atoms with van der Waals surface area (Å²) in [7, 11) is -0.987. The Morgan fingerprint density at radius 3 is 2.26 bits per heavy atom. The monoisotopic (exact) mass is 327 g/mol. The maximum absolute atomic E-state index is 6.70. The predicted molar refractivity (Wildman–Crippen MR) is 93.0 cm³/mol. The van der Waals surface area contributed by atoms with E-state index in [0.717, 1.165) is 13.0 Å². The van der Waals surface area contributed by atoms with Gasteiger partial charge in [0.25, 0.3) is 8.53 Å². The zero-order valence-corrected chi connectivity index (χ0v) is 14.3. The summed E-state index contributed by atoms with van der Waals surface area (Å²) in [5, 5.41) is 0. The first-order chi connectivity index (χ1) is 11.4. The number of hydrogen-bond acceptors (Lipinski definition) is 3. The number of benzene rings is 2. The van der Waals surface area contributed by atoms with Crippen molar-refractivity contribution in [3.8, 4) is 0 Å². The summed E-state index contributed by atoms with van der Waals surface area (Å²) >= 11 is 0. The van der Waals surface area contributed by atoms with Crippen molar-refractivity contribution in [3.05, 3.63) is 71.8 Å².